The Balaban J connectivity index is 0. The quantitative estimate of drug-likeness (QED) is 0.594. The summed E-state index contributed by atoms with van der Waals surface area (Å²) in [5.41, 5.74) is 1.03. The molecular formula is C9H15Br. The molecule has 0 spiro atoms. The first-order chi connectivity index (χ1) is 4.63. The molecule has 0 aliphatic heterocycles. The molecule has 0 aliphatic carbocycles. The fourth-order valence-electron chi connectivity index (χ4n) is 0.233. The molecule has 0 fully saturated rings. The fourth-order valence-corrected chi connectivity index (χ4v) is 0.365. The predicted octanol–water partition coefficient (Wildman–Crippen LogP) is 4.05. The smallest absolute Gasteiger partial charge is 0.0103 e. The number of allylic oxidation sites excluding steroid dienone is 4. The van der Waals surface area contributed by atoms with Crippen LogP contribution in [0.3, 0.4) is 0 Å². The Bertz CT molecular complexity index is 116. The third-order valence-corrected chi connectivity index (χ3v) is 0.813. The molecule has 0 rings (SSSR count). The lowest BCUT2D eigenvalue weighted by atomic mass is 10.3. The van der Waals surface area contributed by atoms with E-state index >= 15 is 0 Å². The SMILES string of the molecule is C=C(C)/C=C\C(=C)Br.CC. The molecule has 10 heavy (non-hydrogen) atoms. The molecule has 0 N–H and O–H groups in total. The molecule has 0 saturated heterocycles. The molecule has 0 bridgehead atoms. The zero-order valence-corrected chi connectivity index (χ0v) is 8.53. The van der Waals surface area contributed by atoms with Crippen LogP contribution in [0.4, 0.5) is 0 Å². The van der Waals surface area contributed by atoms with Crippen molar-refractivity contribution in [1.29, 1.82) is 0 Å². The van der Waals surface area contributed by atoms with E-state index in [0.29, 0.717) is 0 Å². The molecule has 0 amide bonds. The highest BCUT2D eigenvalue weighted by molar-refractivity contribution is 9.11. The second-order valence-corrected chi connectivity index (χ2v) is 2.65. The minimum absolute atomic E-state index is 0.875. The van der Waals surface area contributed by atoms with E-state index in [-0.39, 0.29) is 0 Å². The normalized spacial score (nSPS) is 8.40. The molecule has 0 unspecified atom stereocenters. The minimum Gasteiger partial charge on any atom is -0.0961 e. The highest BCUT2D eigenvalue weighted by Crippen LogP contribution is 2.03. The average Bonchev–Trinajstić information content (AvgIpc) is 1.89. The van der Waals surface area contributed by atoms with Crippen LogP contribution < -0.4 is 0 Å². The zero-order chi connectivity index (χ0) is 8.57. The number of hydrogen-bond acceptors (Lipinski definition) is 0. The van der Waals surface area contributed by atoms with Crippen molar-refractivity contribution in [3.8, 4) is 0 Å². The molecule has 1 heteroatoms. The monoisotopic (exact) mass is 202 g/mol. The molecule has 58 valence electrons. The van der Waals surface area contributed by atoms with Crippen molar-refractivity contribution in [2.24, 2.45) is 0 Å². The van der Waals surface area contributed by atoms with Gasteiger partial charge in [-0.1, -0.05) is 54.6 Å². The first kappa shape index (κ1) is 12.4. The van der Waals surface area contributed by atoms with E-state index in [1.807, 2.05) is 32.9 Å². The summed E-state index contributed by atoms with van der Waals surface area (Å²) in [5.74, 6) is 0. The van der Waals surface area contributed by atoms with Gasteiger partial charge in [-0.15, -0.1) is 0 Å². The molecule has 0 aromatic carbocycles. The molecule has 0 saturated carbocycles. The van der Waals surface area contributed by atoms with Crippen LogP contribution in [0.5, 0.6) is 0 Å². The van der Waals surface area contributed by atoms with Crippen LogP contribution in [0.15, 0.2) is 35.4 Å². The lowest BCUT2D eigenvalue weighted by Gasteiger charge is -1.82. The number of hydrogen-bond donors (Lipinski definition) is 0. The topological polar surface area (TPSA) is 0 Å². The average molecular weight is 203 g/mol. The van der Waals surface area contributed by atoms with Crippen LogP contribution >= 0.6 is 15.9 Å². The van der Waals surface area contributed by atoms with Crippen LogP contribution in [-0.2, 0) is 0 Å². The van der Waals surface area contributed by atoms with Crippen molar-refractivity contribution < 1.29 is 0 Å². The van der Waals surface area contributed by atoms with E-state index in [1.54, 1.807) is 0 Å². The second-order valence-electron chi connectivity index (χ2n) is 1.63. The molecular weight excluding hydrogens is 188 g/mol. The van der Waals surface area contributed by atoms with Gasteiger partial charge in [-0.3, -0.25) is 0 Å². The van der Waals surface area contributed by atoms with Gasteiger partial charge in [-0.05, 0) is 13.0 Å². The van der Waals surface area contributed by atoms with Crippen LogP contribution in [0.1, 0.15) is 20.8 Å². The van der Waals surface area contributed by atoms with Crippen LogP contribution in [0.25, 0.3) is 0 Å². The Kier molecular flexibility index (Phi) is 10.8. The van der Waals surface area contributed by atoms with Crippen LogP contribution in [-0.4, -0.2) is 0 Å². The van der Waals surface area contributed by atoms with E-state index in [0.717, 1.165) is 10.1 Å². The van der Waals surface area contributed by atoms with Crippen molar-refractivity contribution in [1.82, 2.24) is 0 Å². The summed E-state index contributed by atoms with van der Waals surface area (Å²) in [6.07, 6.45) is 3.76. The standard InChI is InChI=1S/C7H9Br.C2H6/c1-6(2)4-5-7(3)8;1-2/h4-5H,1,3H2,2H3;1-2H3/b5-4-;. The number of rotatable bonds is 2. The third kappa shape index (κ3) is 15.6. The molecule has 0 nitrogen and oxygen atoms in total. The van der Waals surface area contributed by atoms with Gasteiger partial charge in [0.15, 0.2) is 0 Å². The maximum atomic E-state index is 3.68. The highest BCUT2D eigenvalue weighted by atomic mass is 79.9. The molecule has 0 heterocycles. The summed E-state index contributed by atoms with van der Waals surface area (Å²) in [6, 6.07) is 0. The number of halogens is 1. The molecule has 0 radical (unpaired) electrons. The summed E-state index contributed by atoms with van der Waals surface area (Å²) in [4.78, 5) is 0. The first-order valence-corrected chi connectivity index (χ1v) is 4.10. The maximum absolute atomic E-state index is 3.68. The maximum Gasteiger partial charge on any atom is 0.0103 e. The zero-order valence-electron chi connectivity index (χ0n) is 6.95. The van der Waals surface area contributed by atoms with Gasteiger partial charge in [0, 0.05) is 4.48 Å². The lowest BCUT2D eigenvalue weighted by Crippen LogP contribution is -1.59. The third-order valence-electron chi connectivity index (χ3n) is 0.549. The van der Waals surface area contributed by atoms with Gasteiger partial charge >= 0.3 is 0 Å². The van der Waals surface area contributed by atoms with Crippen molar-refractivity contribution in [3.05, 3.63) is 35.4 Å². The Hall–Kier alpha value is -0.300. The van der Waals surface area contributed by atoms with Gasteiger partial charge in [-0.25, -0.2) is 0 Å². The molecule has 0 aliphatic rings. The van der Waals surface area contributed by atoms with E-state index in [1.165, 1.54) is 0 Å². The van der Waals surface area contributed by atoms with Gasteiger partial charge in [0.05, 0.1) is 0 Å². The second kappa shape index (κ2) is 8.70. The van der Waals surface area contributed by atoms with Crippen LogP contribution in [0.2, 0.25) is 0 Å². The van der Waals surface area contributed by atoms with E-state index in [9.17, 15) is 0 Å². The summed E-state index contributed by atoms with van der Waals surface area (Å²) in [6.45, 7) is 13.2. The Morgan fingerprint density at radius 2 is 1.60 bits per heavy atom. The molecule has 0 aromatic rings. The Labute approximate surface area is 72.5 Å². The Morgan fingerprint density at radius 3 is 1.70 bits per heavy atom. The van der Waals surface area contributed by atoms with Crippen molar-refractivity contribution in [3.63, 3.8) is 0 Å². The van der Waals surface area contributed by atoms with Crippen LogP contribution in [0, 0.1) is 0 Å². The van der Waals surface area contributed by atoms with Gasteiger partial charge < -0.3 is 0 Å². The summed E-state index contributed by atoms with van der Waals surface area (Å²) in [7, 11) is 0. The predicted molar refractivity (Wildman–Crippen MR) is 53.4 cm³/mol. The van der Waals surface area contributed by atoms with Crippen molar-refractivity contribution >= 4 is 15.9 Å². The van der Waals surface area contributed by atoms with Gasteiger partial charge in [0.2, 0.25) is 0 Å². The minimum atomic E-state index is 0.875. The molecule has 0 aromatic heterocycles. The first-order valence-electron chi connectivity index (χ1n) is 3.31. The summed E-state index contributed by atoms with van der Waals surface area (Å²) in [5, 5.41) is 0. The Morgan fingerprint density at radius 1 is 1.20 bits per heavy atom. The fraction of sp³-hybridized carbons (Fsp3) is 0.333. The van der Waals surface area contributed by atoms with Gasteiger partial charge in [-0.2, -0.15) is 0 Å². The van der Waals surface area contributed by atoms with E-state index in [2.05, 4.69) is 29.1 Å². The van der Waals surface area contributed by atoms with Gasteiger partial charge in [0.1, 0.15) is 0 Å². The van der Waals surface area contributed by atoms with Gasteiger partial charge in [0.25, 0.3) is 0 Å². The highest BCUT2D eigenvalue weighted by Gasteiger charge is 1.74. The van der Waals surface area contributed by atoms with E-state index < -0.39 is 0 Å². The molecule has 0 atom stereocenters. The largest absolute Gasteiger partial charge is 0.0961 e. The van der Waals surface area contributed by atoms with Crippen molar-refractivity contribution in [2.45, 2.75) is 20.8 Å². The summed E-state index contributed by atoms with van der Waals surface area (Å²) < 4.78 is 0.875. The van der Waals surface area contributed by atoms with E-state index in [4.69, 9.17) is 0 Å². The van der Waals surface area contributed by atoms with Crippen molar-refractivity contribution in [2.75, 3.05) is 0 Å². The lowest BCUT2D eigenvalue weighted by molar-refractivity contribution is 1.50. The summed E-state index contributed by atoms with van der Waals surface area (Å²) >= 11 is 3.18.